The molecule has 6 heteroatoms. The van der Waals surface area contributed by atoms with Gasteiger partial charge < -0.3 is 18.8 Å². The van der Waals surface area contributed by atoms with Crippen molar-refractivity contribution in [1.82, 2.24) is 4.57 Å². The van der Waals surface area contributed by atoms with Crippen LogP contribution in [0.15, 0.2) is 54.6 Å². The van der Waals surface area contributed by atoms with Crippen molar-refractivity contribution in [2.75, 3.05) is 27.4 Å². The summed E-state index contributed by atoms with van der Waals surface area (Å²) in [6, 6.07) is 15.5. The molecule has 5 nitrogen and oxygen atoms in total. The van der Waals surface area contributed by atoms with E-state index in [9.17, 15) is 9.18 Å². The predicted molar refractivity (Wildman–Crippen MR) is 105 cm³/mol. The van der Waals surface area contributed by atoms with Gasteiger partial charge in [-0.1, -0.05) is 12.1 Å². The summed E-state index contributed by atoms with van der Waals surface area (Å²) in [6.45, 7) is 1.06. The predicted octanol–water partition coefficient (Wildman–Crippen LogP) is 4.40. The highest BCUT2D eigenvalue weighted by atomic mass is 19.1. The number of hydrogen-bond donors (Lipinski definition) is 0. The molecule has 1 heterocycles. The molecule has 146 valence electrons. The second-order valence-corrected chi connectivity index (χ2v) is 6.14. The van der Waals surface area contributed by atoms with E-state index in [-0.39, 0.29) is 12.5 Å². The molecule has 2 aromatic carbocycles. The van der Waals surface area contributed by atoms with Gasteiger partial charge in [-0.05, 0) is 53.6 Å². The van der Waals surface area contributed by atoms with Gasteiger partial charge in [0.25, 0.3) is 0 Å². The van der Waals surface area contributed by atoms with Crippen molar-refractivity contribution in [3.63, 3.8) is 0 Å². The average molecular weight is 383 g/mol. The van der Waals surface area contributed by atoms with Crippen molar-refractivity contribution in [1.29, 1.82) is 0 Å². The number of carbonyl (C=O) groups excluding carboxylic acids is 1. The van der Waals surface area contributed by atoms with Crippen molar-refractivity contribution in [3.8, 4) is 28.1 Å². The smallest absolute Gasteiger partial charge is 0.166 e. The van der Waals surface area contributed by atoms with E-state index in [4.69, 9.17) is 14.2 Å². The quantitative estimate of drug-likeness (QED) is 0.406. The van der Waals surface area contributed by atoms with Crippen LogP contribution >= 0.6 is 0 Å². The number of hydrogen-bond acceptors (Lipinski definition) is 4. The molecule has 0 aliphatic rings. The van der Waals surface area contributed by atoms with Gasteiger partial charge in [-0.25, -0.2) is 4.39 Å². The molecule has 0 aliphatic heterocycles. The number of ether oxygens (including phenoxy) is 3. The summed E-state index contributed by atoms with van der Waals surface area (Å²) in [6.07, 6.45) is 0.791. The number of carbonyl (C=O) groups is 1. The minimum atomic E-state index is -0.312. The third kappa shape index (κ3) is 4.30. The average Bonchev–Trinajstić information content (AvgIpc) is 3.10. The third-order valence-electron chi connectivity index (χ3n) is 4.42. The van der Waals surface area contributed by atoms with Crippen LogP contribution in [-0.4, -0.2) is 38.3 Å². The Hall–Kier alpha value is -2.96. The number of aldehydes is 1. The zero-order valence-electron chi connectivity index (χ0n) is 15.9. The fourth-order valence-corrected chi connectivity index (χ4v) is 3.01. The van der Waals surface area contributed by atoms with Crippen LogP contribution in [0.25, 0.3) is 22.4 Å². The number of methoxy groups -OCH3 is 2. The van der Waals surface area contributed by atoms with Crippen molar-refractivity contribution in [2.45, 2.75) is 6.73 Å². The van der Waals surface area contributed by atoms with Crippen LogP contribution < -0.4 is 4.74 Å². The lowest BCUT2D eigenvalue weighted by molar-refractivity contribution is 0.0342. The summed E-state index contributed by atoms with van der Waals surface area (Å²) >= 11 is 0. The van der Waals surface area contributed by atoms with E-state index in [1.165, 1.54) is 12.1 Å². The summed E-state index contributed by atoms with van der Waals surface area (Å²) in [5.74, 6) is 0.421. The van der Waals surface area contributed by atoms with E-state index in [0.717, 1.165) is 34.4 Å². The molecule has 0 spiro atoms. The normalized spacial score (nSPS) is 10.8. The van der Waals surface area contributed by atoms with Gasteiger partial charge in [0, 0.05) is 12.7 Å². The van der Waals surface area contributed by atoms with Crippen molar-refractivity contribution < 1.29 is 23.4 Å². The van der Waals surface area contributed by atoms with Crippen LogP contribution in [0.2, 0.25) is 0 Å². The first-order valence-corrected chi connectivity index (χ1v) is 8.83. The molecule has 0 radical (unpaired) electrons. The molecule has 28 heavy (non-hydrogen) atoms. The van der Waals surface area contributed by atoms with Crippen LogP contribution in [0.1, 0.15) is 10.5 Å². The molecular formula is C22H22FNO4. The standard InChI is InChI=1S/C22H22FNO4/c1-26-11-12-28-15-24-19(14-25)13-21(16-3-7-18(23)8-4-16)22(24)17-5-9-20(27-2)10-6-17/h3-10,13-14H,11-12,15H2,1-2H3. The molecule has 0 saturated carbocycles. The Balaban J connectivity index is 2.10. The summed E-state index contributed by atoms with van der Waals surface area (Å²) in [5.41, 5.74) is 3.81. The molecular weight excluding hydrogens is 361 g/mol. The largest absolute Gasteiger partial charge is 0.497 e. The molecule has 0 atom stereocenters. The van der Waals surface area contributed by atoms with Gasteiger partial charge in [0.1, 0.15) is 18.3 Å². The van der Waals surface area contributed by atoms with Crippen LogP contribution in [-0.2, 0) is 16.2 Å². The highest BCUT2D eigenvalue weighted by Gasteiger charge is 2.18. The number of benzene rings is 2. The van der Waals surface area contributed by atoms with Crippen molar-refractivity contribution >= 4 is 6.29 Å². The molecule has 1 aromatic heterocycles. The van der Waals surface area contributed by atoms with Gasteiger partial charge in [-0.2, -0.15) is 0 Å². The zero-order chi connectivity index (χ0) is 19.9. The van der Waals surface area contributed by atoms with Gasteiger partial charge >= 0.3 is 0 Å². The number of halogens is 1. The second-order valence-electron chi connectivity index (χ2n) is 6.14. The molecule has 0 N–H and O–H groups in total. The lowest BCUT2D eigenvalue weighted by atomic mass is 10.0. The molecule has 0 unspecified atom stereocenters. The first-order valence-electron chi connectivity index (χ1n) is 8.83. The van der Waals surface area contributed by atoms with Gasteiger partial charge in [0.05, 0.1) is 31.7 Å². The van der Waals surface area contributed by atoms with Gasteiger partial charge in [0.2, 0.25) is 0 Å². The van der Waals surface area contributed by atoms with Gasteiger partial charge in [-0.3, -0.25) is 4.79 Å². The topological polar surface area (TPSA) is 49.7 Å². The Kier molecular flexibility index (Phi) is 6.57. The Labute approximate surface area is 163 Å². The highest BCUT2D eigenvalue weighted by molar-refractivity contribution is 5.88. The fraction of sp³-hybridized carbons (Fsp3) is 0.227. The maximum absolute atomic E-state index is 13.4. The second kappa shape index (κ2) is 9.30. The molecule has 0 aliphatic carbocycles. The molecule has 0 saturated heterocycles. The van der Waals surface area contributed by atoms with Crippen LogP contribution in [0, 0.1) is 5.82 Å². The van der Waals surface area contributed by atoms with Crippen molar-refractivity contribution in [2.24, 2.45) is 0 Å². The summed E-state index contributed by atoms with van der Waals surface area (Å²) in [7, 11) is 3.21. The summed E-state index contributed by atoms with van der Waals surface area (Å²) in [5, 5.41) is 0. The first-order chi connectivity index (χ1) is 13.7. The first kappa shape index (κ1) is 19.8. The Morgan fingerprint density at radius 3 is 2.25 bits per heavy atom. The monoisotopic (exact) mass is 383 g/mol. The minimum absolute atomic E-state index is 0.194. The zero-order valence-corrected chi connectivity index (χ0v) is 15.9. The third-order valence-corrected chi connectivity index (χ3v) is 4.42. The SMILES string of the molecule is COCCOCn1c(C=O)cc(-c2ccc(F)cc2)c1-c1ccc(OC)cc1. The molecule has 0 bridgehead atoms. The lowest BCUT2D eigenvalue weighted by Crippen LogP contribution is -2.10. The number of nitrogens with zero attached hydrogens (tertiary/aromatic N) is 1. The van der Waals surface area contributed by atoms with E-state index in [1.807, 2.05) is 28.8 Å². The van der Waals surface area contributed by atoms with Crippen LogP contribution in [0.3, 0.4) is 0 Å². The molecule has 3 rings (SSSR count). The fourth-order valence-electron chi connectivity index (χ4n) is 3.01. The van der Waals surface area contributed by atoms with Crippen LogP contribution in [0.4, 0.5) is 4.39 Å². The Bertz CT molecular complexity index is 917. The van der Waals surface area contributed by atoms with E-state index in [0.29, 0.717) is 18.9 Å². The molecule has 0 fully saturated rings. The van der Waals surface area contributed by atoms with Gasteiger partial charge in [0.15, 0.2) is 6.29 Å². The van der Waals surface area contributed by atoms with E-state index < -0.39 is 0 Å². The number of rotatable bonds is 9. The molecule has 0 amide bonds. The maximum Gasteiger partial charge on any atom is 0.166 e. The van der Waals surface area contributed by atoms with Crippen LogP contribution in [0.5, 0.6) is 5.75 Å². The highest BCUT2D eigenvalue weighted by Crippen LogP contribution is 2.36. The lowest BCUT2D eigenvalue weighted by Gasteiger charge is -2.14. The van der Waals surface area contributed by atoms with Gasteiger partial charge in [-0.15, -0.1) is 0 Å². The minimum Gasteiger partial charge on any atom is -0.497 e. The maximum atomic E-state index is 13.4. The molecule has 3 aromatic rings. The summed E-state index contributed by atoms with van der Waals surface area (Å²) in [4.78, 5) is 11.7. The van der Waals surface area contributed by atoms with E-state index in [2.05, 4.69) is 0 Å². The Morgan fingerprint density at radius 2 is 1.64 bits per heavy atom. The number of aromatic nitrogens is 1. The van der Waals surface area contributed by atoms with Crippen molar-refractivity contribution in [3.05, 3.63) is 66.1 Å². The van der Waals surface area contributed by atoms with E-state index >= 15 is 0 Å². The van der Waals surface area contributed by atoms with E-state index in [1.54, 1.807) is 32.4 Å². The summed E-state index contributed by atoms with van der Waals surface area (Å²) < 4.78 is 31.1. The Morgan fingerprint density at radius 1 is 0.964 bits per heavy atom.